The molecule has 1 rings (SSSR count). The summed E-state index contributed by atoms with van der Waals surface area (Å²) >= 11 is 0. The fraction of sp³-hybridized carbons (Fsp3) is 1.00. The Bertz CT molecular complexity index is 173. The van der Waals surface area contributed by atoms with Crippen molar-refractivity contribution in [2.45, 2.75) is 51.8 Å². The summed E-state index contributed by atoms with van der Waals surface area (Å²) in [6.07, 6.45) is 2.86. The van der Waals surface area contributed by atoms with Gasteiger partial charge in [-0.15, -0.1) is 0 Å². The zero-order chi connectivity index (χ0) is 11.3. The van der Waals surface area contributed by atoms with Gasteiger partial charge >= 0.3 is 0 Å². The third kappa shape index (κ3) is 4.09. The van der Waals surface area contributed by atoms with Crippen LogP contribution in [0.3, 0.4) is 0 Å². The summed E-state index contributed by atoms with van der Waals surface area (Å²) < 4.78 is 5.40. The van der Waals surface area contributed by atoms with E-state index in [-0.39, 0.29) is 0 Å². The fourth-order valence-electron chi connectivity index (χ4n) is 2.18. The summed E-state index contributed by atoms with van der Waals surface area (Å²) in [4.78, 5) is 2.56. The van der Waals surface area contributed by atoms with E-state index in [1.807, 2.05) is 7.11 Å². The highest BCUT2D eigenvalue weighted by molar-refractivity contribution is 4.82. The molecule has 1 N–H and O–H groups in total. The molecule has 90 valence electrons. The van der Waals surface area contributed by atoms with Gasteiger partial charge in [-0.3, -0.25) is 4.90 Å². The van der Waals surface area contributed by atoms with Gasteiger partial charge in [0.1, 0.15) is 0 Å². The van der Waals surface area contributed by atoms with E-state index in [1.165, 1.54) is 19.4 Å². The van der Waals surface area contributed by atoms with Gasteiger partial charge in [-0.1, -0.05) is 20.8 Å². The minimum Gasteiger partial charge on any atom is -0.380 e. The van der Waals surface area contributed by atoms with Crippen molar-refractivity contribution in [2.75, 3.05) is 26.7 Å². The molecule has 2 atom stereocenters. The van der Waals surface area contributed by atoms with Crippen LogP contribution in [0.2, 0.25) is 0 Å². The van der Waals surface area contributed by atoms with Crippen LogP contribution in [0.25, 0.3) is 0 Å². The molecule has 0 saturated carbocycles. The predicted octanol–water partition coefficient (Wildman–Crippen LogP) is 1.48. The van der Waals surface area contributed by atoms with E-state index in [0.29, 0.717) is 18.2 Å². The number of ether oxygens (including phenoxy) is 1. The molecule has 15 heavy (non-hydrogen) atoms. The molecule has 2 unspecified atom stereocenters. The molecule has 3 heteroatoms. The van der Waals surface area contributed by atoms with Crippen molar-refractivity contribution in [3.8, 4) is 0 Å². The zero-order valence-corrected chi connectivity index (χ0v) is 10.6. The second-order valence-electron chi connectivity index (χ2n) is 4.77. The minimum atomic E-state index is 0.457. The molecule has 0 bridgehead atoms. The lowest BCUT2D eigenvalue weighted by atomic mass is 10.2. The maximum absolute atomic E-state index is 5.40. The Morgan fingerprint density at radius 3 is 2.67 bits per heavy atom. The van der Waals surface area contributed by atoms with Crippen molar-refractivity contribution in [3.05, 3.63) is 0 Å². The molecular weight excluding hydrogens is 188 g/mol. The second-order valence-corrected chi connectivity index (χ2v) is 4.77. The third-order valence-electron chi connectivity index (χ3n) is 3.26. The van der Waals surface area contributed by atoms with Crippen LogP contribution in [0, 0.1) is 0 Å². The monoisotopic (exact) mass is 214 g/mol. The number of hydrogen-bond donors (Lipinski definition) is 1. The highest BCUT2D eigenvalue weighted by Gasteiger charge is 2.26. The van der Waals surface area contributed by atoms with Crippen LogP contribution < -0.4 is 5.32 Å². The smallest absolute Gasteiger partial charge is 0.0710 e. The summed E-state index contributed by atoms with van der Waals surface area (Å²) in [7, 11) is 1.82. The van der Waals surface area contributed by atoms with Crippen LogP contribution in [-0.4, -0.2) is 49.8 Å². The molecule has 0 aromatic heterocycles. The van der Waals surface area contributed by atoms with Gasteiger partial charge in [-0.25, -0.2) is 0 Å². The van der Waals surface area contributed by atoms with E-state index in [2.05, 4.69) is 31.0 Å². The molecule has 0 aliphatic carbocycles. The van der Waals surface area contributed by atoms with Gasteiger partial charge in [0.15, 0.2) is 0 Å². The van der Waals surface area contributed by atoms with E-state index < -0.39 is 0 Å². The Kier molecular flexibility index (Phi) is 5.58. The molecule has 0 spiro atoms. The minimum absolute atomic E-state index is 0.457. The van der Waals surface area contributed by atoms with E-state index in [1.54, 1.807) is 0 Å². The summed E-state index contributed by atoms with van der Waals surface area (Å²) in [5.41, 5.74) is 0. The van der Waals surface area contributed by atoms with Crippen LogP contribution in [-0.2, 0) is 4.74 Å². The first-order valence-corrected chi connectivity index (χ1v) is 6.17. The first-order chi connectivity index (χ1) is 7.17. The Morgan fingerprint density at radius 1 is 1.47 bits per heavy atom. The Labute approximate surface area is 94.2 Å². The van der Waals surface area contributed by atoms with Crippen molar-refractivity contribution in [2.24, 2.45) is 0 Å². The first kappa shape index (κ1) is 12.9. The number of rotatable bonds is 6. The van der Waals surface area contributed by atoms with Crippen molar-refractivity contribution in [3.63, 3.8) is 0 Å². The number of hydrogen-bond acceptors (Lipinski definition) is 3. The average Bonchev–Trinajstić information content (AvgIpc) is 2.67. The molecule has 3 nitrogen and oxygen atoms in total. The third-order valence-corrected chi connectivity index (χ3v) is 3.26. The normalized spacial score (nSPS) is 25.0. The zero-order valence-electron chi connectivity index (χ0n) is 10.6. The highest BCUT2D eigenvalue weighted by atomic mass is 16.5. The maximum Gasteiger partial charge on any atom is 0.0710 e. The topological polar surface area (TPSA) is 24.5 Å². The molecule has 0 aromatic carbocycles. The van der Waals surface area contributed by atoms with E-state index in [0.717, 1.165) is 13.1 Å². The van der Waals surface area contributed by atoms with Crippen molar-refractivity contribution >= 4 is 0 Å². The average molecular weight is 214 g/mol. The molecule has 1 aliphatic heterocycles. The van der Waals surface area contributed by atoms with Gasteiger partial charge in [0, 0.05) is 38.8 Å². The van der Waals surface area contributed by atoms with E-state index in [9.17, 15) is 0 Å². The van der Waals surface area contributed by atoms with Crippen molar-refractivity contribution < 1.29 is 4.74 Å². The molecule has 1 heterocycles. The maximum atomic E-state index is 5.40. The molecule has 0 amide bonds. The fourth-order valence-corrected chi connectivity index (χ4v) is 2.18. The largest absolute Gasteiger partial charge is 0.380 e. The summed E-state index contributed by atoms with van der Waals surface area (Å²) in [6, 6.07) is 1.26. The Morgan fingerprint density at radius 2 is 2.20 bits per heavy atom. The molecule has 0 radical (unpaired) electrons. The van der Waals surface area contributed by atoms with Gasteiger partial charge < -0.3 is 10.1 Å². The molecular formula is C12H26N2O. The second kappa shape index (κ2) is 6.46. The highest BCUT2D eigenvalue weighted by Crippen LogP contribution is 2.16. The van der Waals surface area contributed by atoms with Crippen LogP contribution in [0.5, 0.6) is 0 Å². The van der Waals surface area contributed by atoms with Crippen molar-refractivity contribution in [1.82, 2.24) is 10.2 Å². The lowest BCUT2D eigenvalue weighted by molar-refractivity contribution is 0.0998. The van der Waals surface area contributed by atoms with Crippen molar-refractivity contribution in [1.29, 1.82) is 0 Å². The first-order valence-electron chi connectivity index (χ1n) is 6.17. The van der Waals surface area contributed by atoms with Crippen LogP contribution in [0.1, 0.15) is 33.6 Å². The van der Waals surface area contributed by atoms with Gasteiger partial charge in [0.05, 0.1) is 6.10 Å². The van der Waals surface area contributed by atoms with E-state index >= 15 is 0 Å². The van der Waals surface area contributed by atoms with Gasteiger partial charge in [-0.05, 0) is 12.8 Å². The Hall–Kier alpha value is -0.120. The summed E-state index contributed by atoms with van der Waals surface area (Å²) in [5, 5.41) is 3.52. The van der Waals surface area contributed by atoms with Gasteiger partial charge in [0.2, 0.25) is 0 Å². The number of likely N-dealkylation sites (tertiary alicyclic amines) is 1. The number of nitrogens with one attached hydrogen (secondary N) is 1. The SMILES string of the molecule is CCC(CNC(C)C)N1CCC(OC)C1. The quantitative estimate of drug-likeness (QED) is 0.725. The van der Waals surface area contributed by atoms with Gasteiger partial charge in [-0.2, -0.15) is 0 Å². The molecule has 0 aromatic rings. The lowest BCUT2D eigenvalue weighted by Crippen LogP contribution is -2.43. The lowest BCUT2D eigenvalue weighted by Gasteiger charge is -2.27. The number of nitrogens with zero attached hydrogens (tertiary/aromatic N) is 1. The van der Waals surface area contributed by atoms with Gasteiger partial charge in [0.25, 0.3) is 0 Å². The molecule has 1 fully saturated rings. The summed E-state index contributed by atoms with van der Waals surface area (Å²) in [6.45, 7) is 10.1. The molecule has 1 saturated heterocycles. The van der Waals surface area contributed by atoms with Crippen LogP contribution in [0.15, 0.2) is 0 Å². The molecule has 1 aliphatic rings. The van der Waals surface area contributed by atoms with Crippen LogP contribution in [0.4, 0.5) is 0 Å². The predicted molar refractivity (Wildman–Crippen MR) is 64.2 cm³/mol. The van der Waals surface area contributed by atoms with E-state index in [4.69, 9.17) is 4.74 Å². The number of methoxy groups -OCH3 is 1. The standard InChI is InChI=1S/C12H26N2O/c1-5-11(8-13-10(2)3)14-7-6-12(9-14)15-4/h10-13H,5-9H2,1-4H3. The summed E-state index contributed by atoms with van der Waals surface area (Å²) in [5.74, 6) is 0. The Balaban J connectivity index is 2.32. The van der Waals surface area contributed by atoms with Crippen LogP contribution >= 0.6 is 0 Å².